The van der Waals surface area contributed by atoms with Crippen LogP contribution < -0.4 is 5.32 Å². The number of esters is 2. The van der Waals surface area contributed by atoms with Crippen LogP contribution >= 0.6 is 0 Å². The van der Waals surface area contributed by atoms with Gasteiger partial charge in [-0.15, -0.1) is 0 Å². The fourth-order valence-electron chi connectivity index (χ4n) is 0.659. The van der Waals surface area contributed by atoms with Crippen LogP contribution in [0.2, 0.25) is 0 Å². The maximum Gasteiger partial charge on any atom is 0.302 e. The van der Waals surface area contributed by atoms with Crippen molar-refractivity contribution in [3.8, 4) is 0 Å². The van der Waals surface area contributed by atoms with Gasteiger partial charge in [-0.2, -0.15) is 0 Å². The van der Waals surface area contributed by atoms with Gasteiger partial charge in [0.05, 0.1) is 0 Å². The molecule has 0 unspecified atom stereocenters. The third-order valence-electron chi connectivity index (χ3n) is 1.17. The second-order valence-corrected chi connectivity index (χ2v) is 2.43. The quantitative estimate of drug-likeness (QED) is 0.459. The van der Waals surface area contributed by atoms with Crippen molar-refractivity contribution < 1.29 is 19.1 Å². The molecular weight excluding hydrogens is 174 g/mol. The molecule has 0 aromatic heterocycles. The van der Waals surface area contributed by atoms with E-state index in [0.717, 1.165) is 0 Å². The average molecular weight is 189 g/mol. The van der Waals surface area contributed by atoms with Crippen LogP contribution in [0.5, 0.6) is 0 Å². The lowest BCUT2D eigenvalue weighted by Crippen LogP contribution is -2.25. The highest BCUT2D eigenvalue weighted by Gasteiger charge is 1.93. The van der Waals surface area contributed by atoms with Crippen LogP contribution in [0, 0.1) is 0 Å². The lowest BCUT2D eigenvalue weighted by atomic mass is 10.6. The molecule has 0 aliphatic carbocycles. The van der Waals surface area contributed by atoms with E-state index in [1.165, 1.54) is 13.8 Å². The minimum Gasteiger partial charge on any atom is -0.465 e. The molecule has 0 spiro atoms. The Kier molecular flexibility index (Phi) is 6.91. The van der Waals surface area contributed by atoms with Crippen LogP contribution in [0.25, 0.3) is 0 Å². The van der Waals surface area contributed by atoms with Gasteiger partial charge in [0, 0.05) is 26.9 Å². The summed E-state index contributed by atoms with van der Waals surface area (Å²) in [5.41, 5.74) is 0. The molecule has 0 aromatic carbocycles. The fourth-order valence-corrected chi connectivity index (χ4v) is 0.659. The van der Waals surface area contributed by atoms with Crippen LogP contribution in [0.3, 0.4) is 0 Å². The van der Waals surface area contributed by atoms with Gasteiger partial charge in [0.15, 0.2) is 0 Å². The van der Waals surface area contributed by atoms with Crippen LogP contribution in [0.15, 0.2) is 0 Å². The van der Waals surface area contributed by atoms with Gasteiger partial charge in [-0.3, -0.25) is 9.59 Å². The van der Waals surface area contributed by atoms with Gasteiger partial charge in [0.25, 0.3) is 0 Å². The summed E-state index contributed by atoms with van der Waals surface area (Å²) in [4.78, 5) is 20.6. The summed E-state index contributed by atoms with van der Waals surface area (Å²) in [5.74, 6) is -0.580. The number of carbonyl (C=O) groups is 2. The molecular formula is C8H15NO4. The summed E-state index contributed by atoms with van der Waals surface area (Å²) in [5, 5.41) is 2.94. The summed E-state index contributed by atoms with van der Waals surface area (Å²) < 4.78 is 9.32. The Morgan fingerprint density at radius 2 is 1.38 bits per heavy atom. The summed E-state index contributed by atoms with van der Waals surface area (Å²) >= 11 is 0. The van der Waals surface area contributed by atoms with E-state index in [-0.39, 0.29) is 11.9 Å². The predicted octanol–water partition coefficient (Wildman–Crippen LogP) is -0.298. The van der Waals surface area contributed by atoms with E-state index < -0.39 is 0 Å². The van der Waals surface area contributed by atoms with E-state index in [1.807, 2.05) is 0 Å². The first-order valence-electron chi connectivity index (χ1n) is 4.10. The van der Waals surface area contributed by atoms with Gasteiger partial charge in [-0.1, -0.05) is 0 Å². The third kappa shape index (κ3) is 10.9. The van der Waals surface area contributed by atoms with E-state index in [0.29, 0.717) is 26.3 Å². The van der Waals surface area contributed by atoms with Crippen molar-refractivity contribution in [2.24, 2.45) is 0 Å². The number of ether oxygens (including phenoxy) is 2. The molecule has 76 valence electrons. The first-order chi connectivity index (χ1) is 6.13. The predicted molar refractivity (Wildman–Crippen MR) is 46.1 cm³/mol. The largest absolute Gasteiger partial charge is 0.465 e. The van der Waals surface area contributed by atoms with Gasteiger partial charge in [-0.25, -0.2) is 0 Å². The molecule has 0 aromatic rings. The smallest absolute Gasteiger partial charge is 0.302 e. The lowest BCUT2D eigenvalue weighted by Gasteiger charge is -2.04. The first-order valence-corrected chi connectivity index (χ1v) is 4.10. The average Bonchev–Trinajstić information content (AvgIpc) is 2.01. The lowest BCUT2D eigenvalue weighted by molar-refractivity contribution is -0.141. The zero-order valence-corrected chi connectivity index (χ0v) is 7.96. The molecule has 0 saturated carbocycles. The highest BCUT2D eigenvalue weighted by atomic mass is 16.5. The minimum absolute atomic E-state index is 0.290. The Morgan fingerprint density at radius 1 is 1.00 bits per heavy atom. The van der Waals surface area contributed by atoms with E-state index in [9.17, 15) is 9.59 Å². The first kappa shape index (κ1) is 11.9. The van der Waals surface area contributed by atoms with Crippen LogP contribution in [-0.2, 0) is 19.1 Å². The molecule has 0 radical (unpaired) electrons. The number of nitrogens with one attached hydrogen (secondary N) is 1. The number of hydrogen-bond acceptors (Lipinski definition) is 5. The Balaban J connectivity index is 3.00. The Morgan fingerprint density at radius 3 is 1.69 bits per heavy atom. The molecule has 0 aliphatic rings. The number of carbonyl (C=O) groups excluding carboxylic acids is 2. The van der Waals surface area contributed by atoms with E-state index >= 15 is 0 Å². The van der Waals surface area contributed by atoms with Crippen molar-refractivity contribution in [1.29, 1.82) is 0 Å². The summed E-state index contributed by atoms with van der Waals surface area (Å²) in [6, 6.07) is 0. The molecule has 13 heavy (non-hydrogen) atoms. The SMILES string of the molecule is CC(=O)OCCNCCOC(C)=O. The normalized spacial score (nSPS) is 9.38. The van der Waals surface area contributed by atoms with Crippen molar-refractivity contribution in [2.45, 2.75) is 13.8 Å². The summed E-state index contributed by atoms with van der Waals surface area (Å²) in [6.07, 6.45) is 0. The van der Waals surface area contributed by atoms with Gasteiger partial charge in [-0.05, 0) is 0 Å². The van der Waals surface area contributed by atoms with E-state index in [4.69, 9.17) is 0 Å². The summed E-state index contributed by atoms with van der Waals surface area (Å²) in [7, 11) is 0. The molecule has 0 fully saturated rings. The summed E-state index contributed by atoms with van der Waals surface area (Å²) in [6.45, 7) is 4.55. The Labute approximate surface area is 77.4 Å². The zero-order valence-electron chi connectivity index (χ0n) is 7.96. The molecule has 0 saturated heterocycles. The van der Waals surface area contributed by atoms with Crippen molar-refractivity contribution in [3.63, 3.8) is 0 Å². The topological polar surface area (TPSA) is 64.6 Å². The van der Waals surface area contributed by atoms with Gasteiger partial charge < -0.3 is 14.8 Å². The standard InChI is InChI=1S/C8H15NO4/c1-7(10)12-5-3-9-4-6-13-8(2)11/h9H,3-6H2,1-2H3. The molecule has 0 amide bonds. The van der Waals surface area contributed by atoms with E-state index in [1.54, 1.807) is 0 Å². The Hall–Kier alpha value is -1.10. The molecule has 0 atom stereocenters. The maximum absolute atomic E-state index is 10.3. The fraction of sp³-hybridized carbons (Fsp3) is 0.750. The monoisotopic (exact) mass is 189 g/mol. The minimum atomic E-state index is -0.290. The second kappa shape index (κ2) is 7.54. The van der Waals surface area contributed by atoms with Crippen LogP contribution in [0.4, 0.5) is 0 Å². The van der Waals surface area contributed by atoms with Gasteiger partial charge in [0.1, 0.15) is 13.2 Å². The number of hydrogen-bond donors (Lipinski definition) is 1. The maximum atomic E-state index is 10.3. The molecule has 1 N–H and O–H groups in total. The number of rotatable bonds is 6. The Bertz CT molecular complexity index is 152. The van der Waals surface area contributed by atoms with Gasteiger partial charge in [0.2, 0.25) is 0 Å². The van der Waals surface area contributed by atoms with Crippen LogP contribution in [0.1, 0.15) is 13.8 Å². The van der Waals surface area contributed by atoms with Crippen molar-refractivity contribution in [2.75, 3.05) is 26.3 Å². The molecule has 0 heterocycles. The van der Waals surface area contributed by atoms with Crippen molar-refractivity contribution >= 4 is 11.9 Å². The molecule has 0 rings (SSSR count). The van der Waals surface area contributed by atoms with Crippen LogP contribution in [-0.4, -0.2) is 38.2 Å². The zero-order chi connectivity index (χ0) is 10.1. The highest BCUT2D eigenvalue weighted by molar-refractivity contribution is 5.66. The molecule has 0 bridgehead atoms. The van der Waals surface area contributed by atoms with Gasteiger partial charge >= 0.3 is 11.9 Å². The van der Waals surface area contributed by atoms with Crippen molar-refractivity contribution in [1.82, 2.24) is 5.32 Å². The highest BCUT2D eigenvalue weighted by Crippen LogP contribution is 1.76. The van der Waals surface area contributed by atoms with E-state index in [2.05, 4.69) is 14.8 Å². The second-order valence-electron chi connectivity index (χ2n) is 2.43. The van der Waals surface area contributed by atoms with Crippen molar-refractivity contribution in [3.05, 3.63) is 0 Å². The molecule has 5 nitrogen and oxygen atoms in total. The third-order valence-corrected chi connectivity index (χ3v) is 1.17. The molecule has 5 heteroatoms. The molecule has 0 aliphatic heterocycles.